The second-order valence-electron chi connectivity index (χ2n) is 5.13. The first-order chi connectivity index (χ1) is 12.6. The normalized spacial score (nSPS) is 10.0. The number of hydrogen-bond acceptors (Lipinski definition) is 4. The predicted octanol–water partition coefficient (Wildman–Crippen LogP) is 4.91. The number of alkyl halides is 3. The number of anilines is 2. The summed E-state index contributed by atoms with van der Waals surface area (Å²) in [5.41, 5.74) is -1.27. The van der Waals surface area contributed by atoms with Crippen LogP contribution in [0.3, 0.4) is 0 Å². The lowest BCUT2D eigenvalue weighted by atomic mass is 10.3. The summed E-state index contributed by atoms with van der Waals surface area (Å²) >= 11 is 5.65. The average Bonchev–Trinajstić information content (AvgIpc) is 2.63. The molecule has 0 bridgehead atoms. The zero-order valence-corrected chi connectivity index (χ0v) is 16.9. The van der Waals surface area contributed by atoms with E-state index >= 15 is 0 Å². The maximum Gasteiger partial charge on any atom is 0.435 e. The molecule has 0 saturated heterocycles. The quantitative estimate of drug-likeness (QED) is 0.713. The summed E-state index contributed by atoms with van der Waals surface area (Å²) in [5, 5.41) is -0.698. The largest absolute Gasteiger partial charge is 0.435 e. The van der Waals surface area contributed by atoms with Crippen molar-refractivity contribution >= 4 is 29.3 Å². The van der Waals surface area contributed by atoms with E-state index in [0.717, 1.165) is 4.90 Å². The van der Waals surface area contributed by atoms with E-state index in [4.69, 9.17) is 11.6 Å². The molecule has 0 aliphatic carbocycles. The summed E-state index contributed by atoms with van der Waals surface area (Å²) < 4.78 is 38.5. The molecule has 27 heavy (non-hydrogen) atoms. The number of hydrogen-bond donors (Lipinski definition) is 0. The van der Waals surface area contributed by atoms with Crippen LogP contribution in [0.1, 0.15) is 26.5 Å². The van der Waals surface area contributed by atoms with Gasteiger partial charge in [0.2, 0.25) is 11.9 Å². The Morgan fingerprint density at radius 2 is 1.37 bits per heavy atom. The molecular weight excluding hydrogens is 381 g/mol. The van der Waals surface area contributed by atoms with Gasteiger partial charge in [-0.25, -0.2) is 4.98 Å². The van der Waals surface area contributed by atoms with Crippen molar-refractivity contribution in [3.63, 3.8) is 0 Å². The highest BCUT2D eigenvalue weighted by atomic mass is 35.5. The summed E-state index contributed by atoms with van der Waals surface area (Å²) in [4.78, 5) is 20.7. The molecule has 0 radical (unpaired) electrons. The maximum absolute atomic E-state index is 12.8. The van der Waals surface area contributed by atoms with E-state index in [1.54, 1.807) is 0 Å². The molecule has 1 aromatic carbocycles. The number of aromatic nitrogens is 2. The molecule has 1 amide bonds. The van der Waals surface area contributed by atoms with Crippen LogP contribution in [0.15, 0.2) is 36.4 Å². The second-order valence-corrected chi connectivity index (χ2v) is 5.51. The molecule has 0 unspecified atom stereocenters. The van der Waals surface area contributed by atoms with Crippen LogP contribution < -0.4 is 9.80 Å². The van der Waals surface area contributed by atoms with E-state index in [1.165, 1.54) is 33.0 Å². The van der Waals surface area contributed by atoms with Crippen molar-refractivity contribution in [3.8, 4) is 0 Å². The van der Waals surface area contributed by atoms with Crippen molar-refractivity contribution in [2.45, 2.75) is 26.9 Å². The van der Waals surface area contributed by atoms with Gasteiger partial charge >= 0.3 is 6.18 Å². The fraction of sp³-hybridized carbons (Fsp3) is 0.389. The lowest BCUT2D eigenvalue weighted by molar-refractivity contribution is -0.141. The predicted molar refractivity (Wildman–Crippen MR) is 103 cm³/mol. The van der Waals surface area contributed by atoms with Crippen LogP contribution in [0.5, 0.6) is 0 Å². The second kappa shape index (κ2) is 11.4. The highest BCUT2D eigenvalue weighted by molar-refractivity contribution is 6.34. The Bertz CT molecular complexity index is 683. The molecule has 2 aromatic rings. The smallest absolute Gasteiger partial charge is 0.347 e. The minimum atomic E-state index is -4.73. The van der Waals surface area contributed by atoms with Crippen molar-refractivity contribution in [1.29, 1.82) is 0 Å². The molecule has 0 spiro atoms. The number of rotatable bonds is 2. The summed E-state index contributed by atoms with van der Waals surface area (Å²) in [5.74, 6) is -0.946. The van der Waals surface area contributed by atoms with Crippen molar-refractivity contribution in [2.24, 2.45) is 0 Å². The van der Waals surface area contributed by atoms with E-state index in [2.05, 4.69) is 9.97 Å². The van der Waals surface area contributed by atoms with Gasteiger partial charge in [-0.3, -0.25) is 9.69 Å². The van der Waals surface area contributed by atoms with Gasteiger partial charge in [0.25, 0.3) is 0 Å². The van der Waals surface area contributed by atoms with Crippen LogP contribution in [0.25, 0.3) is 0 Å². The molecule has 1 heterocycles. The Labute approximate surface area is 162 Å². The van der Waals surface area contributed by atoms with E-state index in [1.807, 2.05) is 50.2 Å². The van der Waals surface area contributed by atoms with Crippen LogP contribution in [0.4, 0.5) is 24.9 Å². The van der Waals surface area contributed by atoms with E-state index < -0.39 is 22.8 Å². The Kier molecular flexibility index (Phi) is 10.4. The summed E-state index contributed by atoms with van der Waals surface area (Å²) in [6, 6.07) is 12.0. The third kappa shape index (κ3) is 7.82. The summed E-state index contributed by atoms with van der Waals surface area (Å²) in [7, 11) is 4.26. The Balaban J connectivity index is 0.000000702. The molecule has 0 fully saturated rings. The zero-order chi connectivity index (χ0) is 21.2. The number of nitrogens with zero attached hydrogens (tertiary/aromatic N) is 4. The van der Waals surface area contributed by atoms with Crippen LogP contribution in [-0.4, -0.2) is 37.0 Å². The minimum absolute atomic E-state index is 0.181. The Morgan fingerprint density at radius 3 is 1.67 bits per heavy atom. The van der Waals surface area contributed by atoms with Gasteiger partial charge in [0.05, 0.1) is 0 Å². The van der Waals surface area contributed by atoms with Gasteiger partial charge in [-0.2, -0.15) is 18.2 Å². The van der Waals surface area contributed by atoms with E-state index in [9.17, 15) is 18.0 Å². The van der Waals surface area contributed by atoms with Crippen LogP contribution in [-0.2, 0) is 11.0 Å². The van der Waals surface area contributed by atoms with Crippen LogP contribution in [0, 0.1) is 0 Å². The van der Waals surface area contributed by atoms with Crippen molar-refractivity contribution < 1.29 is 18.0 Å². The Morgan fingerprint density at radius 1 is 0.963 bits per heavy atom. The van der Waals surface area contributed by atoms with Gasteiger partial charge in [-0.15, -0.1) is 0 Å². The summed E-state index contributed by atoms with van der Waals surface area (Å²) in [6.45, 7) is 5.20. The number of benzene rings is 1. The maximum atomic E-state index is 12.8. The monoisotopic (exact) mass is 404 g/mol. The van der Waals surface area contributed by atoms with Crippen molar-refractivity contribution in [1.82, 2.24) is 9.97 Å². The first kappa shape index (κ1) is 24.7. The van der Waals surface area contributed by atoms with Gasteiger partial charge < -0.3 is 4.90 Å². The molecule has 1 aromatic heterocycles. The fourth-order valence-electron chi connectivity index (χ4n) is 1.57. The first-order valence-electron chi connectivity index (χ1n) is 8.12. The summed E-state index contributed by atoms with van der Waals surface area (Å²) in [6.07, 6.45) is -4.73. The molecule has 9 heteroatoms. The third-order valence-corrected chi connectivity index (χ3v) is 3.30. The molecule has 0 saturated carbocycles. The van der Waals surface area contributed by atoms with E-state index in [-0.39, 0.29) is 11.8 Å². The van der Waals surface area contributed by atoms with Gasteiger partial charge in [-0.05, 0) is 0 Å². The number of halogens is 4. The fourth-order valence-corrected chi connectivity index (χ4v) is 1.89. The Hall–Kier alpha value is -2.35. The topological polar surface area (TPSA) is 49.3 Å². The van der Waals surface area contributed by atoms with Gasteiger partial charge in [-0.1, -0.05) is 61.8 Å². The number of carbonyl (C=O) groups is 1. The highest BCUT2D eigenvalue weighted by Gasteiger charge is 2.38. The lowest BCUT2D eigenvalue weighted by Crippen LogP contribution is -2.27. The van der Waals surface area contributed by atoms with E-state index in [0.29, 0.717) is 0 Å². The first-order valence-corrected chi connectivity index (χ1v) is 8.49. The molecule has 0 aliphatic rings. The minimum Gasteiger partial charge on any atom is -0.347 e. The molecule has 150 valence electrons. The standard InChI is InChI=1S/C10H12ClF3N4O.C6H6.C2H6/c1-5(19)18(4)8-6(11)7(10(12,13)14)15-9(16-8)17(2)3;1-2-4-6-5-3-1;1-2/h1-4H3;1-6H;1-2H3. The van der Waals surface area contributed by atoms with Crippen molar-refractivity contribution in [2.75, 3.05) is 30.9 Å². The molecular formula is C18H24ClF3N4O. The zero-order valence-electron chi connectivity index (χ0n) is 16.2. The van der Waals surface area contributed by atoms with Crippen LogP contribution in [0.2, 0.25) is 5.02 Å². The number of carbonyl (C=O) groups excluding carboxylic acids is 1. The average molecular weight is 405 g/mol. The molecule has 2 rings (SSSR count). The van der Waals surface area contributed by atoms with Crippen molar-refractivity contribution in [3.05, 3.63) is 47.1 Å². The van der Waals surface area contributed by atoms with Crippen LogP contribution >= 0.6 is 11.6 Å². The molecule has 0 N–H and O–H groups in total. The lowest BCUT2D eigenvalue weighted by Gasteiger charge is -2.21. The third-order valence-electron chi connectivity index (χ3n) is 2.95. The number of amides is 1. The SMILES string of the molecule is CC.CC(=O)N(C)c1nc(N(C)C)nc(C(F)(F)F)c1Cl.c1ccccc1. The van der Waals surface area contributed by atoms with Gasteiger partial charge in [0.15, 0.2) is 11.5 Å². The van der Waals surface area contributed by atoms with Gasteiger partial charge in [0.1, 0.15) is 5.02 Å². The molecule has 0 atom stereocenters. The highest BCUT2D eigenvalue weighted by Crippen LogP contribution is 2.38. The molecule has 5 nitrogen and oxygen atoms in total. The van der Waals surface area contributed by atoms with Gasteiger partial charge in [0, 0.05) is 28.1 Å². The molecule has 0 aliphatic heterocycles.